The molecule has 0 radical (unpaired) electrons. The molecule has 134 valence electrons. The Labute approximate surface area is 164 Å². The van der Waals surface area contributed by atoms with E-state index in [-0.39, 0.29) is 11.8 Å². The SMILES string of the molecule is Cc1ccc(Sc2ccccc2C2C(=O)N3CCCc4cccc2c43)cc1. The van der Waals surface area contributed by atoms with Crippen molar-refractivity contribution in [1.82, 2.24) is 0 Å². The third-order valence-electron chi connectivity index (χ3n) is 5.55. The molecule has 0 fully saturated rings. The molecule has 0 N–H and O–H groups in total. The van der Waals surface area contributed by atoms with Crippen LogP contribution in [-0.2, 0) is 11.2 Å². The number of anilines is 1. The zero-order chi connectivity index (χ0) is 18.4. The van der Waals surface area contributed by atoms with Crippen LogP contribution in [0.5, 0.6) is 0 Å². The maximum Gasteiger partial charge on any atom is 0.239 e. The molecule has 2 aliphatic heterocycles. The number of benzene rings is 3. The van der Waals surface area contributed by atoms with Gasteiger partial charge in [-0.05, 0) is 54.7 Å². The van der Waals surface area contributed by atoms with Crippen LogP contribution in [0.1, 0.15) is 34.6 Å². The van der Waals surface area contributed by atoms with Crippen LogP contribution in [0, 0.1) is 6.92 Å². The van der Waals surface area contributed by atoms with Crippen LogP contribution in [0.4, 0.5) is 5.69 Å². The summed E-state index contributed by atoms with van der Waals surface area (Å²) in [5, 5.41) is 0. The van der Waals surface area contributed by atoms with Crippen LogP contribution in [-0.4, -0.2) is 12.5 Å². The number of carbonyl (C=O) groups is 1. The molecular formula is C24H21NOS. The van der Waals surface area contributed by atoms with Gasteiger partial charge in [-0.3, -0.25) is 4.79 Å². The standard InChI is InChI=1S/C24H21NOS/c1-16-11-13-18(14-12-16)27-21-10-3-2-8-19(21)22-20-9-4-6-17-7-5-15-25(23(17)20)24(22)26/h2-4,6,8-14,22H,5,7,15H2,1H3. The van der Waals surface area contributed by atoms with Gasteiger partial charge in [0, 0.05) is 16.3 Å². The molecule has 0 aromatic heterocycles. The lowest BCUT2D eigenvalue weighted by Gasteiger charge is -2.25. The van der Waals surface area contributed by atoms with Gasteiger partial charge in [-0.15, -0.1) is 0 Å². The first kappa shape index (κ1) is 16.6. The van der Waals surface area contributed by atoms with E-state index in [2.05, 4.69) is 67.6 Å². The van der Waals surface area contributed by atoms with E-state index in [4.69, 9.17) is 0 Å². The van der Waals surface area contributed by atoms with Crippen LogP contribution in [0.3, 0.4) is 0 Å². The van der Waals surface area contributed by atoms with Gasteiger partial charge in [0.15, 0.2) is 0 Å². The molecule has 0 saturated heterocycles. The normalized spacial score (nSPS) is 17.9. The number of hydrogen-bond donors (Lipinski definition) is 0. The highest BCUT2D eigenvalue weighted by Gasteiger charge is 2.41. The second-order valence-electron chi connectivity index (χ2n) is 7.33. The monoisotopic (exact) mass is 371 g/mol. The summed E-state index contributed by atoms with van der Waals surface area (Å²) in [4.78, 5) is 17.7. The summed E-state index contributed by atoms with van der Waals surface area (Å²) in [6, 6.07) is 23.4. The van der Waals surface area contributed by atoms with Gasteiger partial charge in [0.05, 0.1) is 11.6 Å². The number of hydrogen-bond acceptors (Lipinski definition) is 2. The first-order chi connectivity index (χ1) is 13.2. The van der Waals surface area contributed by atoms with Gasteiger partial charge in [-0.1, -0.05) is 65.9 Å². The summed E-state index contributed by atoms with van der Waals surface area (Å²) < 4.78 is 0. The van der Waals surface area contributed by atoms with E-state index in [1.165, 1.54) is 27.3 Å². The molecule has 0 saturated carbocycles. The van der Waals surface area contributed by atoms with E-state index in [1.54, 1.807) is 11.8 Å². The highest BCUT2D eigenvalue weighted by molar-refractivity contribution is 7.99. The predicted molar refractivity (Wildman–Crippen MR) is 111 cm³/mol. The molecule has 2 heterocycles. The number of para-hydroxylation sites is 1. The molecule has 27 heavy (non-hydrogen) atoms. The molecule has 3 aromatic carbocycles. The van der Waals surface area contributed by atoms with Crippen LogP contribution in [0.15, 0.2) is 76.5 Å². The van der Waals surface area contributed by atoms with Crippen LogP contribution in [0.25, 0.3) is 0 Å². The van der Waals surface area contributed by atoms with Gasteiger partial charge in [0.25, 0.3) is 0 Å². The van der Waals surface area contributed by atoms with Gasteiger partial charge in [0.2, 0.25) is 5.91 Å². The number of carbonyl (C=O) groups excluding carboxylic acids is 1. The highest BCUT2D eigenvalue weighted by Crippen LogP contribution is 2.47. The molecule has 5 rings (SSSR count). The van der Waals surface area contributed by atoms with Crippen LogP contribution >= 0.6 is 11.8 Å². The minimum atomic E-state index is -0.188. The van der Waals surface area contributed by atoms with Crippen molar-refractivity contribution in [3.05, 3.63) is 89.0 Å². The van der Waals surface area contributed by atoms with E-state index >= 15 is 0 Å². The number of nitrogens with zero attached hydrogens (tertiary/aromatic N) is 1. The average molecular weight is 372 g/mol. The summed E-state index contributed by atoms with van der Waals surface area (Å²) in [7, 11) is 0. The lowest BCUT2D eigenvalue weighted by atomic mass is 9.91. The van der Waals surface area contributed by atoms with Gasteiger partial charge >= 0.3 is 0 Å². The third-order valence-corrected chi connectivity index (χ3v) is 6.65. The van der Waals surface area contributed by atoms with E-state index < -0.39 is 0 Å². The Morgan fingerprint density at radius 3 is 2.56 bits per heavy atom. The molecular weight excluding hydrogens is 350 g/mol. The Bertz CT molecular complexity index is 1020. The lowest BCUT2D eigenvalue weighted by molar-refractivity contribution is -0.118. The highest BCUT2D eigenvalue weighted by atomic mass is 32.2. The van der Waals surface area contributed by atoms with Gasteiger partial charge < -0.3 is 4.90 Å². The van der Waals surface area contributed by atoms with Gasteiger partial charge in [-0.25, -0.2) is 0 Å². The van der Waals surface area contributed by atoms with E-state index in [0.717, 1.165) is 29.8 Å². The number of rotatable bonds is 3. The lowest BCUT2D eigenvalue weighted by Crippen LogP contribution is -2.33. The first-order valence-electron chi connectivity index (χ1n) is 9.49. The maximum atomic E-state index is 13.3. The summed E-state index contributed by atoms with van der Waals surface area (Å²) in [5.41, 5.74) is 6.05. The largest absolute Gasteiger partial charge is 0.311 e. The zero-order valence-electron chi connectivity index (χ0n) is 15.3. The third kappa shape index (κ3) is 2.78. The second-order valence-corrected chi connectivity index (χ2v) is 8.45. The van der Waals surface area contributed by atoms with Gasteiger partial charge in [0.1, 0.15) is 0 Å². The maximum absolute atomic E-state index is 13.3. The molecule has 2 nitrogen and oxygen atoms in total. The summed E-state index contributed by atoms with van der Waals surface area (Å²) in [6.45, 7) is 2.94. The van der Waals surface area contributed by atoms with Crippen molar-refractivity contribution >= 4 is 23.4 Å². The molecule has 0 spiro atoms. The topological polar surface area (TPSA) is 20.3 Å². The number of amides is 1. The average Bonchev–Trinajstić information content (AvgIpc) is 2.98. The molecule has 3 aromatic rings. The fourth-order valence-electron chi connectivity index (χ4n) is 4.27. The van der Waals surface area contributed by atoms with E-state index in [1.807, 2.05) is 11.0 Å². The van der Waals surface area contributed by atoms with Crippen molar-refractivity contribution in [3.8, 4) is 0 Å². The Balaban J connectivity index is 1.59. The van der Waals surface area contributed by atoms with Crippen LogP contribution in [0.2, 0.25) is 0 Å². The van der Waals surface area contributed by atoms with Gasteiger partial charge in [-0.2, -0.15) is 0 Å². The Hall–Kier alpha value is -2.52. The smallest absolute Gasteiger partial charge is 0.239 e. The fourth-order valence-corrected chi connectivity index (χ4v) is 5.25. The second kappa shape index (κ2) is 6.58. The molecule has 0 aliphatic carbocycles. The molecule has 2 aliphatic rings. The molecule has 1 unspecified atom stereocenters. The molecule has 0 bridgehead atoms. The minimum absolute atomic E-state index is 0.188. The van der Waals surface area contributed by atoms with Crippen molar-refractivity contribution in [3.63, 3.8) is 0 Å². The van der Waals surface area contributed by atoms with Crippen molar-refractivity contribution in [2.45, 2.75) is 35.5 Å². The van der Waals surface area contributed by atoms with E-state index in [9.17, 15) is 4.79 Å². The van der Waals surface area contributed by atoms with Crippen molar-refractivity contribution in [2.75, 3.05) is 11.4 Å². The van der Waals surface area contributed by atoms with Crippen molar-refractivity contribution < 1.29 is 4.79 Å². The van der Waals surface area contributed by atoms with E-state index in [0.29, 0.717) is 0 Å². The molecule has 3 heteroatoms. The molecule has 1 atom stereocenters. The summed E-state index contributed by atoms with van der Waals surface area (Å²) in [5.74, 6) is 0.0429. The predicted octanol–water partition coefficient (Wildman–Crippen LogP) is 5.57. The quantitative estimate of drug-likeness (QED) is 0.600. The number of aryl methyl sites for hydroxylation is 2. The fraction of sp³-hybridized carbons (Fsp3) is 0.208. The Morgan fingerprint density at radius 2 is 1.70 bits per heavy atom. The summed E-state index contributed by atoms with van der Waals surface area (Å²) in [6.07, 6.45) is 2.12. The van der Waals surface area contributed by atoms with Crippen molar-refractivity contribution in [2.24, 2.45) is 0 Å². The minimum Gasteiger partial charge on any atom is -0.311 e. The Morgan fingerprint density at radius 1 is 0.926 bits per heavy atom. The van der Waals surface area contributed by atoms with Crippen molar-refractivity contribution in [1.29, 1.82) is 0 Å². The first-order valence-corrected chi connectivity index (χ1v) is 10.3. The molecule has 1 amide bonds. The summed E-state index contributed by atoms with van der Waals surface area (Å²) >= 11 is 1.74. The Kier molecular flexibility index (Phi) is 4.05. The zero-order valence-corrected chi connectivity index (χ0v) is 16.1. The van der Waals surface area contributed by atoms with Crippen LogP contribution < -0.4 is 4.90 Å².